The van der Waals surface area contributed by atoms with Crippen molar-refractivity contribution in [2.45, 2.75) is 65.0 Å². The van der Waals surface area contributed by atoms with Crippen LogP contribution in [0.15, 0.2) is 85.5 Å². The number of carbonyl (C=O) groups is 2. The monoisotopic (exact) mass is 788 g/mol. The van der Waals surface area contributed by atoms with Gasteiger partial charge in [0.15, 0.2) is 10.9 Å². The van der Waals surface area contributed by atoms with Crippen LogP contribution < -0.4 is 16.4 Å². The second-order valence-electron chi connectivity index (χ2n) is 13.5. The van der Waals surface area contributed by atoms with E-state index < -0.39 is 28.6 Å². The van der Waals surface area contributed by atoms with E-state index in [0.29, 0.717) is 30.3 Å². The molecular formula is C41H42Cl2N4O8. The summed E-state index contributed by atoms with van der Waals surface area (Å²) < 4.78 is 8.70. The normalized spacial score (nSPS) is 14.6. The first-order valence-corrected chi connectivity index (χ1v) is 18.4. The number of carboxylic acids is 2. The van der Waals surface area contributed by atoms with Gasteiger partial charge in [0.25, 0.3) is 5.56 Å². The molecule has 288 valence electrons. The first-order chi connectivity index (χ1) is 25.9. The van der Waals surface area contributed by atoms with Crippen LogP contribution in [0.2, 0.25) is 5.02 Å². The molecule has 1 aliphatic heterocycles. The summed E-state index contributed by atoms with van der Waals surface area (Å²) in [4.78, 5) is 63.3. The van der Waals surface area contributed by atoms with Gasteiger partial charge in [0.1, 0.15) is 11.3 Å². The summed E-state index contributed by atoms with van der Waals surface area (Å²) in [5, 5.41) is 26.3. The summed E-state index contributed by atoms with van der Waals surface area (Å²) in [5.41, 5.74) is 1.72. The molecule has 1 fully saturated rings. The van der Waals surface area contributed by atoms with Crippen LogP contribution in [-0.2, 0) is 19.4 Å². The first-order valence-electron chi connectivity index (χ1n) is 18.0. The fraction of sp³-hybridized carbons (Fsp3) is 0.317. The number of halogens is 2. The molecule has 7 rings (SSSR count). The lowest BCUT2D eigenvalue weighted by atomic mass is 10.00. The van der Waals surface area contributed by atoms with E-state index in [9.17, 15) is 34.2 Å². The molecule has 0 radical (unpaired) electrons. The predicted molar refractivity (Wildman–Crippen MR) is 216 cm³/mol. The molecule has 3 aromatic carbocycles. The van der Waals surface area contributed by atoms with Crippen molar-refractivity contribution >= 4 is 68.6 Å². The number of carboxylic acid groups (broad SMARTS) is 2. The van der Waals surface area contributed by atoms with Gasteiger partial charge in [-0.3, -0.25) is 14.4 Å². The van der Waals surface area contributed by atoms with Gasteiger partial charge in [0.2, 0.25) is 5.76 Å². The van der Waals surface area contributed by atoms with Crippen LogP contribution in [0, 0.1) is 0 Å². The molecule has 1 atom stereocenters. The Labute approximate surface area is 327 Å². The number of hydrogen-bond acceptors (Lipinski definition) is 8. The van der Waals surface area contributed by atoms with Gasteiger partial charge in [-0.1, -0.05) is 55.3 Å². The standard InChI is InChI=1S/C22H24ClN3O.C19H17NO7.ClH/c1-25-13-4-5-18(12-14-25)26-22(27)20-7-3-2-6-19(20)21(24-26)15-16-8-10-17(23)11-9-16;1-3-5-9-16-10(13(21)7-12(18(23)24)20(16)4-2)6-11-14(22)8-15(19(25)26)27-17(9)11;/h2-3,6-11,18H,4-5,12-15H2,1H3;6-8H,3-5H2,1-2H3,(H,23,24)(H,25,26);1H. The number of aromatic nitrogens is 3. The summed E-state index contributed by atoms with van der Waals surface area (Å²) in [6, 6.07) is 19.1. The minimum atomic E-state index is -1.39. The van der Waals surface area contributed by atoms with Gasteiger partial charge < -0.3 is 24.1 Å². The minimum absolute atomic E-state index is 0. The average molecular weight is 790 g/mol. The Morgan fingerprint density at radius 3 is 2.22 bits per heavy atom. The van der Waals surface area contributed by atoms with Crippen molar-refractivity contribution in [2.75, 3.05) is 20.1 Å². The highest BCUT2D eigenvalue weighted by molar-refractivity contribution is 6.30. The molecule has 55 heavy (non-hydrogen) atoms. The molecule has 3 aromatic heterocycles. The fourth-order valence-electron chi connectivity index (χ4n) is 7.25. The Morgan fingerprint density at radius 1 is 0.873 bits per heavy atom. The molecule has 1 unspecified atom stereocenters. The third-order valence-corrected chi connectivity index (χ3v) is 10.1. The van der Waals surface area contributed by atoms with Gasteiger partial charge in [-0.05, 0) is 82.6 Å². The van der Waals surface area contributed by atoms with E-state index in [4.69, 9.17) is 21.1 Å². The van der Waals surface area contributed by atoms with E-state index in [1.807, 2.05) is 55.5 Å². The SMILES string of the molecule is CCCc1c2oc(C(=O)O)cc(=O)c2cc2c(=O)cc(C(=O)O)n(CC)c12.CN1CCCC(n2nc(Cc3ccc(Cl)cc3)c3ccccc3c2=O)CC1.Cl. The highest BCUT2D eigenvalue weighted by Crippen LogP contribution is 2.29. The molecule has 14 heteroatoms. The summed E-state index contributed by atoms with van der Waals surface area (Å²) in [5.74, 6) is -3.15. The molecule has 0 spiro atoms. The zero-order valence-electron chi connectivity index (χ0n) is 30.7. The number of hydrogen-bond donors (Lipinski definition) is 2. The maximum Gasteiger partial charge on any atom is 0.371 e. The quantitative estimate of drug-likeness (QED) is 0.151. The van der Waals surface area contributed by atoms with Crippen molar-refractivity contribution in [1.82, 2.24) is 19.2 Å². The average Bonchev–Trinajstić information content (AvgIpc) is 3.38. The Balaban J connectivity index is 0.000000207. The first kappa shape index (κ1) is 40.9. The van der Waals surface area contributed by atoms with Crippen molar-refractivity contribution in [3.8, 4) is 0 Å². The third kappa shape index (κ3) is 8.51. The number of aryl methyl sites for hydroxylation is 2. The van der Waals surface area contributed by atoms with Crippen molar-refractivity contribution in [3.63, 3.8) is 0 Å². The smallest absolute Gasteiger partial charge is 0.371 e. The maximum absolute atomic E-state index is 13.1. The minimum Gasteiger partial charge on any atom is -0.477 e. The van der Waals surface area contributed by atoms with Crippen LogP contribution >= 0.6 is 24.0 Å². The van der Waals surface area contributed by atoms with E-state index in [1.54, 1.807) is 11.6 Å². The van der Waals surface area contributed by atoms with Gasteiger partial charge >= 0.3 is 11.9 Å². The second kappa shape index (κ2) is 17.4. The summed E-state index contributed by atoms with van der Waals surface area (Å²) in [7, 11) is 2.14. The molecule has 4 heterocycles. The zero-order valence-corrected chi connectivity index (χ0v) is 32.3. The molecule has 1 saturated heterocycles. The van der Waals surface area contributed by atoms with E-state index in [1.165, 1.54) is 10.6 Å². The van der Waals surface area contributed by atoms with Crippen molar-refractivity contribution < 1.29 is 24.2 Å². The van der Waals surface area contributed by atoms with Crippen molar-refractivity contribution in [2.24, 2.45) is 0 Å². The predicted octanol–water partition coefficient (Wildman–Crippen LogP) is 7.20. The van der Waals surface area contributed by atoms with Crippen LogP contribution in [0.25, 0.3) is 32.6 Å². The molecule has 0 bridgehead atoms. The molecule has 2 N–H and O–H groups in total. The van der Waals surface area contributed by atoms with Crippen LogP contribution in [0.5, 0.6) is 0 Å². The zero-order chi connectivity index (χ0) is 38.7. The molecule has 0 saturated carbocycles. The van der Waals surface area contributed by atoms with Crippen LogP contribution in [0.4, 0.5) is 0 Å². The second-order valence-corrected chi connectivity index (χ2v) is 14.0. The number of aromatic carboxylic acids is 2. The van der Waals surface area contributed by atoms with Gasteiger partial charge in [0, 0.05) is 46.5 Å². The van der Waals surface area contributed by atoms with Crippen molar-refractivity contribution in [1.29, 1.82) is 0 Å². The Morgan fingerprint density at radius 2 is 1.56 bits per heavy atom. The highest BCUT2D eigenvalue weighted by Gasteiger charge is 2.23. The van der Waals surface area contributed by atoms with E-state index in [-0.39, 0.29) is 52.6 Å². The lowest BCUT2D eigenvalue weighted by Gasteiger charge is -2.19. The largest absolute Gasteiger partial charge is 0.477 e. The van der Waals surface area contributed by atoms with Crippen LogP contribution in [-0.4, -0.2) is 61.5 Å². The Hall–Kier alpha value is -5.30. The Kier molecular flexibility index (Phi) is 13.0. The summed E-state index contributed by atoms with van der Waals surface area (Å²) in [6.45, 7) is 5.96. The number of likely N-dealkylation sites (tertiary alicyclic amines) is 1. The van der Waals surface area contributed by atoms with Gasteiger partial charge in [-0.25, -0.2) is 14.3 Å². The molecule has 1 aliphatic rings. The number of nitrogens with zero attached hydrogens (tertiary/aromatic N) is 4. The third-order valence-electron chi connectivity index (χ3n) is 9.88. The summed E-state index contributed by atoms with van der Waals surface area (Å²) >= 11 is 6.02. The van der Waals surface area contributed by atoms with Crippen LogP contribution in [0.1, 0.15) is 83.4 Å². The molecule has 6 aromatic rings. The van der Waals surface area contributed by atoms with Gasteiger partial charge in [0.05, 0.1) is 28.0 Å². The van der Waals surface area contributed by atoms with Gasteiger partial charge in [-0.15, -0.1) is 12.4 Å². The molecule has 0 amide bonds. The number of rotatable bonds is 8. The Bertz CT molecular complexity index is 2580. The lowest BCUT2D eigenvalue weighted by molar-refractivity contribution is 0.0659. The van der Waals surface area contributed by atoms with E-state index >= 15 is 0 Å². The summed E-state index contributed by atoms with van der Waals surface area (Å²) in [6.07, 6.45) is 4.73. The molecule has 12 nitrogen and oxygen atoms in total. The maximum atomic E-state index is 13.1. The van der Waals surface area contributed by atoms with E-state index in [2.05, 4.69) is 11.9 Å². The molecular weight excluding hydrogens is 747 g/mol. The fourth-order valence-corrected chi connectivity index (χ4v) is 7.38. The number of fused-ring (bicyclic) bond motifs is 3. The van der Waals surface area contributed by atoms with E-state index in [0.717, 1.165) is 71.5 Å². The lowest BCUT2D eigenvalue weighted by Crippen LogP contribution is -2.29. The van der Waals surface area contributed by atoms with Crippen LogP contribution in [0.3, 0.4) is 0 Å². The number of pyridine rings is 1. The highest BCUT2D eigenvalue weighted by atomic mass is 35.5. The number of benzene rings is 3. The van der Waals surface area contributed by atoms with Gasteiger partial charge in [-0.2, -0.15) is 5.10 Å². The van der Waals surface area contributed by atoms with Crippen molar-refractivity contribution in [3.05, 3.63) is 131 Å². The topological polar surface area (TPSA) is 165 Å². The molecule has 0 aliphatic carbocycles.